The summed E-state index contributed by atoms with van der Waals surface area (Å²) in [6.45, 7) is 0. The van der Waals surface area contributed by atoms with Crippen LogP contribution in [-0.2, 0) is 20.7 Å². The smallest absolute Gasteiger partial charge is 0.342 e. The van der Waals surface area contributed by atoms with E-state index in [4.69, 9.17) is 0 Å². The van der Waals surface area contributed by atoms with Gasteiger partial charge in [0, 0.05) is 0 Å². The fourth-order valence-electron chi connectivity index (χ4n) is 2.09. The molecule has 1 aliphatic carbocycles. The molecule has 1 fully saturated rings. The summed E-state index contributed by atoms with van der Waals surface area (Å²) in [7, 11) is 0. The first-order chi connectivity index (χ1) is 7.25. The molecule has 0 spiro atoms. The number of ether oxygens (including phenoxy) is 1. The van der Waals surface area contributed by atoms with Gasteiger partial charge in [-0.1, -0.05) is 24.3 Å². The first kappa shape index (κ1) is 8.41. The third kappa shape index (κ3) is 1.13. The summed E-state index contributed by atoms with van der Waals surface area (Å²) in [6.07, 6.45) is 2.34. The zero-order valence-corrected chi connectivity index (χ0v) is 7.90. The highest BCUT2D eigenvalue weighted by Crippen LogP contribution is 2.33. The van der Waals surface area contributed by atoms with E-state index in [1.165, 1.54) is 0 Å². The summed E-state index contributed by atoms with van der Waals surface area (Å²) >= 11 is 0. The van der Waals surface area contributed by atoms with Gasteiger partial charge in [-0.2, -0.15) is 0 Å². The van der Waals surface area contributed by atoms with Gasteiger partial charge in [0.2, 0.25) is 0 Å². The maximum atomic E-state index is 11.3. The Balaban J connectivity index is 2.16. The van der Waals surface area contributed by atoms with E-state index in [2.05, 4.69) is 4.74 Å². The number of hydrogen-bond acceptors (Lipinski definition) is 3. The lowest BCUT2D eigenvalue weighted by atomic mass is 9.85. The molecule has 0 bridgehead atoms. The molecule has 0 aromatic heterocycles. The van der Waals surface area contributed by atoms with Gasteiger partial charge >= 0.3 is 11.9 Å². The van der Waals surface area contributed by atoms with Crippen LogP contribution in [0.15, 0.2) is 29.8 Å². The van der Waals surface area contributed by atoms with E-state index in [0.29, 0.717) is 12.0 Å². The Bertz CT molecular complexity index is 499. The van der Waals surface area contributed by atoms with Gasteiger partial charge in [0.15, 0.2) is 0 Å². The highest BCUT2D eigenvalue weighted by atomic mass is 16.6. The fourth-order valence-corrected chi connectivity index (χ4v) is 2.09. The monoisotopic (exact) mass is 200 g/mol. The van der Waals surface area contributed by atoms with Crippen LogP contribution in [0.2, 0.25) is 0 Å². The maximum Gasteiger partial charge on any atom is 0.342 e. The zero-order valence-electron chi connectivity index (χ0n) is 7.90. The topological polar surface area (TPSA) is 43.4 Å². The Labute approximate surface area is 86.4 Å². The van der Waals surface area contributed by atoms with E-state index >= 15 is 0 Å². The summed E-state index contributed by atoms with van der Waals surface area (Å²) in [5.74, 6) is -1.28. The van der Waals surface area contributed by atoms with Crippen molar-refractivity contribution in [3.8, 4) is 0 Å². The number of fused-ring (bicyclic) bond motifs is 2. The van der Waals surface area contributed by atoms with E-state index in [1.54, 1.807) is 6.08 Å². The van der Waals surface area contributed by atoms with Crippen molar-refractivity contribution < 1.29 is 14.3 Å². The molecule has 2 aliphatic rings. The van der Waals surface area contributed by atoms with Gasteiger partial charge in [0.1, 0.15) is 0 Å². The van der Waals surface area contributed by atoms with Gasteiger partial charge in [-0.3, -0.25) is 4.79 Å². The maximum absolute atomic E-state index is 11.3. The molecule has 1 atom stereocenters. The van der Waals surface area contributed by atoms with Crippen molar-refractivity contribution in [3.05, 3.63) is 41.0 Å². The van der Waals surface area contributed by atoms with Crippen LogP contribution < -0.4 is 0 Å². The van der Waals surface area contributed by atoms with Gasteiger partial charge in [-0.15, -0.1) is 0 Å². The molecular formula is C12H8O3. The average molecular weight is 200 g/mol. The third-order valence-electron chi connectivity index (χ3n) is 2.88. The molecule has 0 saturated carbocycles. The number of esters is 2. The molecule has 1 heterocycles. The predicted octanol–water partition coefficient (Wildman–Crippen LogP) is 1.33. The molecule has 1 unspecified atom stereocenters. The minimum atomic E-state index is -0.487. The minimum absolute atomic E-state index is 0.382. The molecule has 0 amide bonds. The lowest BCUT2D eigenvalue weighted by Crippen LogP contribution is -2.16. The Morgan fingerprint density at radius 1 is 1.20 bits per heavy atom. The van der Waals surface area contributed by atoms with Crippen molar-refractivity contribution in [2.75, 3.05) is 0 Å². The van der Waals surface area contributed by atoms with Crippen LogP contribution in [0.25, 0.3) is 6.08 Å². The number of cyclic esters (lactones) is 2. The van der Waals surface area contributed by atoms with Crippen LogP contribution in [0.5, 0.6) is 0 Å². The second-order valence-corrected chi connectivity index (χ2v) is 3.76. The molecule has 0 N–H and O–H groups in total. The second kappa shape index (κ2) is 2.79. The number of hydrogen-bond donors (Lipinski definition) is 0. The van der Waals surface area contributed by atoms with Crippen LogP contribution in [0.3, 0.4) is 0 Å². The Morgan fingerprint density at radius 3 is 2.87 bits per heavy atom. The van der Waals surface area contributed by atoms with Gasteiger partial charge in [-0.25, -0.2) is 4.79 Å². The third-order valence-corrected chi connectivity index (χ3v) is 2.88. The summed E-state index contributed by atoms with van der Waals surface area (Å²) in [6, 6.07) is 7.76. The van der Waals surface area contributed by atoms with Crippen molar-refractivity contribution >= 4 is 18.0 Å². The van der Waals surface area contributed by atoms with E-state index < -0.39 is 11.9 Å². The largest absolute Gasteiger partial charge is 0.389 e. The van der Waals surface area contributed by atoms with Crippen molar-refractivity contribution in [3.63, 3.8) is 0 Å². The van der Waals surface area contributed by atoms with E-state index in [1.807, 2.05) is 24.3 Å². The molecule has 1 aromatic carbocycles. The zero-order chi connectivity index (χ0) is 10.4. The average Bonchev–Trinajstić information content (AvgIpc) is 2.52. The summed E-state index contributed by atoms with van der Waals surface area (Å²) in [5, 5.41) is 0. The van der Waals surface area contributed by atoms with E-state index in [-0.39, 0.29) is 5.92 Å². The molecule has 74 valence electrons. The van der Waals surface area contributed by atoms with Crippen molar-refractivity contribution in [2.24, 2.45) is 5.92 Å². The SMILES string of the molecule is O=C1OC(=O)C2Cc3ccccc3C=C12. The molecule has 3 heteroatoms. The summed E-state index contributed by atoms with van der Waals surface area (Å²) < 4.78 is 4.59. The number of benzene rings is 1. The number of carbonyl (C=O) groups is 2. The van der Waals surface area contributed by atoms with Crippen molar-refractivity contribution in [1.82, 2.24) is 0 Å². The normalized spacial score (nSPS) is 22.9. The van der Waals surface area contributed by atoms with Crippen LogP contribution >= 0.6 is 0 Å². The highest BCUT2D eigenvalue weighted by molar-refractivity contribution is 6.11. The predicted molar refractivity (Wildman–Crippen MR) is 52.7 cm³/mol. The summed E-state index contributed by atoms with van der Waals surface area (Å²) in [4.78, 5) is 22.7. The summed E-state index contributed by atoms with van der Waals surface area (Å²) in [5.41, 5.74) is 2.60. The van der Waals surface area contributed by atoms with E-state index in [9.17, 15) is 9.59 Å². The van der Waals surface area contributed by atoms with Crippen LogP contribution in [0, 0.1) is 5.92 Å². The molecule has 15 heavy (non-hydrogen) atoms. The first-order valence-corrected chi connectivity index (χ1v) is 4.81. The minimum Gasteiger partial charge on any atom is -0.389 e. The Morgan fingerprint density at radius 2 is 2.00 bits per heavy atom. The van der Waals surface area contributed by atoms with Gasteiger partial charge in [-0.05, 0) is 23.6 Å². The number of rotatable bonds is 0. The molecule has 1 aliphatic heterocycles. The van der Waals surface area contributed by atoms with Crippen LogP contribution in [0.4, 0.5) is 0 Å². The van der Waals surface area contributed by atoms with Crippen LogP contribution in [-0.4, -0.2) is 11.9 Å². The van der Waals surface area contributed by atoms with Gasteiger partial charge in [0.05, 0.1) is 11.5 Å². The Hall–Kier alpha value is -1.90. The molecule has 3 nitrogen and oxygen atoms in total. The molecule has 1 saturated heterocycles. The molecule has 0 radical (unpaired) electrons. The standard InChI is InChI=1S/C12H8O3/c13-11-9-5-7-3-1-2-4-8(7)6-10(9)12(14)15-11/h1-5,10H,6H2. The second-order valence-electron chi connectivity index (χ2n) is 3.76. The van der Waals surface area contributed by atoms with Crippen molar-refractivity contribution in [1.29, 1.82) is 0 Å². The molecular weight excluding hydrogens is 192 g/mol. The van der Waals surface area contributed by atoms with Gasteiger partial charge in [0.25, 0.3) is 0 Å². The molecule has 3 rings (SSSR count). The lowest BCUT2D eigenvalue weighted by Gasteiger charge is -2.15. The first-order valence-electron chi connectivity index (χ1n) is 4.81. The lowest BCUT2D eigenvalue weighted by molar-refractivity contribution is -0.152. The van der Waals surface area contributed by atoms with Crippen molar-refractivity contribution in [2.45, 2.75) is 6.42 Å². The number of carbonyl (C=O) groups excluding carboxylic acids is 2. The Kier molecular flexibility index (Phi) is 1.57. The van der Waals surface area contributed by atoms with Gasteiger partial charge < -0.3 is 4.74 Å². The van der Waals surface area contributed by atoms with Crippen LogP contribution in [0.1, 0.15) is 11.1 Å². The quantitative estimate of drug-likeness (QED) is 0.468. The van der Waals surface area contributed by atoms with E-state index in [0.717, 1.165) is 11.1 Å². The highest BCUT2D eigenvalue weighted by Gasteiger charge is 2.41. The fraction of sp³-hybridized carbons (Fsp3) is 0.167. The molecule has 1 aromatic rings.